The van der Waals surface area contributed by atoms with Gasteiger partial charge in [0.15, 0.2) is 0 Å². The highest BCUT2D eigenvalue weighted by Crippen LogP contribution is 2.31. The minimum atomic E-state index is -0.353. The maximum absolute atomic E-state index is 6.27. The van der Waals surface area contributed by atoms with E-state index in [-0.39, 0.29) is 6.04 Å². The minimum Gasteiger partial charge on any atom is -0.464 e. The van der Waals surface area contributed by atoms with Gasteiger partial charge in [0.05, 0.1) is 29.2 Å². The first kappa shape index (κ1) is 11.3. The molecule has 3 aromatic rings. The summed E-state index contributed by atoms with van der Waals surface area (Å²) in [7, 11) is 1.82. The molecule has 1 aromatic carbocycles. The molecule has 18 heavy (non-hydrogen) atoms. The predicted molar refractivity (Wildman–Crippen MR) is 70.5 cm³/mol. The van der Waals surface area contributed by atoms with E-state index in [9.17, 15) is 0 Å². The molecule has 5 heteroatoms. The number of furan rings is 1. The third-order valence-corrected chi connectivity index (χ3v) is 3.37. The Labute approximate surface area is 109 Å². The molecule has 2 heterocycles. The summed E-state index contributed by atoms with van der Waals surface area (Å²) in [4.78, 5) is 0. The number of aryl methyl sites for hydroxylation is 1. The van der Waals surface area contributed by atoms with Gasteiger partial charge in [0, 0.05) is 18.0 Å². The van der Waals surface area contributed by atoms with Crippen molar-refractivity contribution in [2.75, 3.05) is 0 Å². The molecule has 92 valence electrons. The van der Waals surface area contributed by atoms with Gasteiger partial charge in [0.25, 0.3) is 0 Å². The van der Waals surface area contributed by atoms with Crippen LogP contribution in [-0.4, -0.2) is 9.78 Å². The lowest BCUT2D eigenvalue weighted by molar-refractivity contribution is 0.601. The number of nitrogens with zero attached hydrogens (tertiary/aromatic N) is 2. The SMILES string of the molecule is Cn1ncc(Cl)c1C(N)c1coc2ccccc12. The number of rotatable bonds is 2. The van der Waals surface area contributed by atoms with Gasteiger partial charge in [0.2, 0.25) is 0 Å². The first-order valence-corrected chi connectivity index (χ1v) is 5.95. The molecule has 0 aliphatic heterocycles. The molecule has 1 unspecified atom stereocenters. The van der Waals surface area contributed by atoms with Crippen LogP contribution in [0.5, 0.6) is 0 Å². The third kappa shape index (κ3) is 1.62. The number of benzene rings is 1. The highest BCUT2D eigenvalue weighted by Gasteiger charge is 2.20. The second kappa shape index (κ2) is 4.15. The molecule has 2 aromatic heterocycles. The fraction of sp³-hybridized carbons (Fsp3) is 0.154. The Morgan fingerprint density at radius 3 is 2.89 bits per heavy atom. The van der Waals surface area contributed by atoms with Gasteiger partial charge < -0.3 is 10.2 Å². The van der Waals surface area contributed by atoms with E-state index in [1.807, 2.05) is 31.3 Å². The summed E-state index contributed by atoms with van der Waals surface area (Å²) in [6, 6.07) is 7.43. The van der Waals surface area contributed by atoms with Crippen LogP contribution in [0.4, 0.5) is 0 Å². The van der Waals surface area contributed by atoms with Crippen molar-refractivity contribution < 1.29 is 4.42 Å². The molecule has 0 aliphatic carbocycles. The van der Waals surface area contributed by atoms with Crippen molar-refractivity contribution in [1.29, 1.82) is 0 Å². The molecule has 0 saturated carbocycles. The van der Waals surface area contributed by atoms with Gasteiger partial charge in [-0.2, -0.15) is 5.10 Å². The zero-order chi connectivity index (χ0) is 12.7. The molecule has 3 rings (SSSR count). The molecule has 0 radical (unpaired) electrons. The molecular formula is C13H12ClN3O. The summed E-state index contributed by atoms with van der Waals surface area (Å²) < 4.78 is 7.18. The second-order valence-electron chi connectivity index (χ2n) is 4.17. The Balaban J connectivity index is 2.15. The third-order valence-electron chi connectivity index (χ3n) is 3.08. The van der Waals surface area contributed by atoms with Crippen LogP contribution >= 0.6 is 11.6 Å². The molecule has 0 spiro atoms. The van der Waals surface area contributed by atoms with Crippen LogP contribution in [0.2, 0.25) is 5.02 Å². The lowest BCUT2D eigenvalue weighted by atomic mass is 10.0. The Hall–Kier alpha value is -1.78. The molecule has 0 saturated heterocycles. The minimum absolute atomic E-state index is 0.353. The molecule has 0 amide bonds. The largest absolute Gasteiger partial charge is 0.464 e. The van der Waals surface area contributed by atoms with Crippen LogP contribution in [0.1, 0.15) is 17.3 Å². The highest BCUT2D eigenvalue weighted by molar-refractivity contribution is 6.31. The van der Waals surface area contributed by atoms with E-state index in [1.165, 1.54) is 0 Å². The molecule has 0 bridgehead atoms. The fourth-order valence-electron chi connectivity index (χ4n) is 2.16. The monoisotopic (exact) mass is 261 g/mol. The topological polar surface area (TPSA) is 57.0 Å². The summed E-state index contributed by atoms with van der Waals surface area (Å²) in [5.74, 6) is 0. The molecule has 0 aliphatic rings. The first-order chi connectivity index (χ1) is 8.68. The molecule has 1 atom stereocenters. The Kier molecular flexibility index (Phi) is 2.61. The normalized spacial score (nSPS) is 13.1. The van der Waals surface area contributed by atoms with Crippen LogP contribution in [-0.2, 0) is 7.05 Å². The smallest absolute Gasteiger partial charge is 0.134 e. The summed E-state index contributed by atoms with van der Waals surface area (Å²) in [5.41, 5.74) is 8.78. The summed E-state index contributed by atoms with van der Waals surface area (Å²) in [5, 5.41) is 5.67. The summed E-state index contributed by atoms with van der Waals surface area (Å²) >= 11 is 6.11. The average molecular weight is 262 g/mol. The number of hydrogen-bond acceptors (Lipinski definition) is 3. The van der Waals surface area contributed by atoms with Gasteiger partial charge in [-0.05, 0) is 6.07 Å². The predicted octanol–water partition coefficient (Wildman–Crippen LogP) is 2.87. The standard InChI is InChI=1S/C13H12ClN3O/c1-17-13(10(14)6-16-17)12(15)9-7-18-11-5-3-2-4-8(9)11/h2-7,12H,15H2,1H3. The van der Waals surface area contributed by atoms with Crippen molar-refractivity contribution in [3.05, 3.63) is 53.0 Å². The highest BCUT2D eigenvalue weighted by atomic mass is 35.5. The summed E-state index contributed by atoms with van der Waals surface area (Å²) in [6.45, 7) is 0. The van der Waals surface area contributed by atoms with Gasteiger partial charge >= 0.3 is 0 Å². The lowest BCUT2D eigenvalue weighted by Gasteiger charge is -2.11. The van der Waals surface area contributed by atoms with E-state index in [2.05, 4.69) is 5.10 Å². The van der Waals surface area contributed by atoms with Crippen LogP contribution in [0, 0.1) is 0 Å². The number of nitrogens with two attached hydrogens (primary N) is 1. The Bertz CT molecular complexity index is 682. The molecular weight excluding hydrogens is 250 g/mol. The van der Waals surface area contributed by atoms with E-state index < -0.39 is 0 Å². The maximum atomic E-state index is 6.27. The zero-order valence-electron chi connectivity index (χ0n) is 9.80. The van der Waals surface area contributed by atoms with Crippen LogP contribution < -0.4 is 5.73 Å². The van der Waals surface area contributed by atoms with Crippen molar-refractivity contribution in [2.24, 2.45) is 12.8 Å². The van der Waals surface area contributed by atoms with Crippen molar-refractivity contribution in [1.82, 2.24) is 9.78 Å². The lowest BCUT2D eigenvalue weighted by Crippen LogP contribution is -2.16. The average Bonchev–Trinajstić information content (AvgIpc) is 2.93. The van der Waals surface area contributed by atoms with Gasteiger partial charge in [-0.1, -0.05) is 29.8 Å². The number of halogens is 1. The van der Waals surface area contributed by atoms with E-state index in [1.54, 1.807) is 17.1 Å². The number of hydrogen-bond donors (Lipinski definition) is 1. The second-order valence-corrected chi connectivity index (χ2v) is 4.57. The van der Waals surface area contributed by atoms with Crippen molar-refractivity contribution >= 4 is 22.6 Å². The van der Waals surface area contributed by atoms with Gasteiger partial charge in [-0.25, -0.2) is 0 Å². The van der Waals surface area contributed by atoms with E-state index in [0.29, 0.717) is 5.02 Å². The van der Waals surface area contributed by atoms with E-state index in [4.69, 9.17) is 21.8 Å². The maximum Gasteiger partial charge on any atom is 0.134 e. The fourth-order valence-corrected chi connectivity index (χ4v) is 2.44. The first-order valence-electron chi connectivity index (χ1n) is 5.57. The van der Waals surface area contributed by atoms with Crippen LogP contribution in [0.3, 0.4) is 0 Å². The number of aromatic nitrogens is 2. The quantitative estimate of drug-likeness (QED) is 0.772. The number of para-hydroxylation sites is 1. The zero-order valence-corrected chi connectivity index (χ0v) is 10.6. The van der Waals surface area contributed by atoms with Gasteiger partial charge in [-0.3, -0.25) is 4.68 Å². The molecule has 2 N–H and O–H groups in total. The van der Waals surface area contributed by atoms with Crippen molar-refractivity contribution in [3.8, 4) is 0 Å². The van der Waals surface area contributed by atoms with Crippen LogP contribution in [0.15, 0.2) is 41.1 Å². The number of fused-ring (bicyclic) bond motifs is 1. The van der Waals surface area contributed by atoms with E-state index in [0.717, 1.165) is 22.2 Å². The van der Waals surface area contributed by atoms with Crippen LogP contribution in [0.25, 0.3) is 11.0 Å². The van der Waals surface area contributed by atoms with Crippen molar-refractivity contribution in [2.45, 2.75) is 6.04 Å². The van der Waals surface area contributed by atoms with Gasteiger partial charge in [-0.15, -0.1) is 0 Å². The summed E-state index contributed by atoms with van der Waals surface area (Å²) in [6.07, 6.45) is 3.28. The molecule has 4 nitrogen and oxygen atoms in total. The molecule has 0 fully saturated rings. The van der Waals surface area contributed by atoms with Gasteiger partial charge in [0.1, 0.15) is 5.58 Å². The Morgan fingerprint density at radius 2 is 2.17 bits per heavy atom. The van der Waals surface area contributed by atoms with E-state index >= 15 is 0 Å². The Morgan fingerprint density at radius 1 is 1.39 bits per heavy atom. The van der Waals surface area contributed by atoms with Crippen molar-refractivity contribution in [3.63, 3.8) is 0 Å².